The first-order chi connectivity index (χ1) is 6.72. The van der Waals surface area contributed by atoms with E-state index in [1.807, 2.05) is 6.26 Å². The second-order valence-corrected chi connectivity index (χ2v) is 3.69. The maximum atomic E-state index is 11.0. The van der Waals surface area contributed by atoms with E-state index >= 15 is 0 Å². The minimum atomic E-state index is -0.518. The zero-order valence-corrected chi connectivity index (χ0v) is 8.84. The topological polar surface area (TPSA) is 47.3 Å². The second-order valence-electron chi connectivity index (χ2n) is 2.57. The lowest BCUT2D eigenvalue weighted by atomic mass is 10.5. The highest BCUT2D eigenvalue weighted by Crippen LogP contribution is 2.13. The molecule has 0 aromatic carbocycles. The van der Waals surface area contributed by atoms with Crippen LogP contribution in [-0.4, -0.2) is 26.1 Å². The predicted octanol–water partition coefficient (Wildman–Crippen LogP) is 1.83. The van der Waals surface area contributed by atoms with Gasteiger partial charge in [0.05, 0.1) is 11.7 Å². The number of nitrogens with zero attached hydrogens (tertiary/aromatic N) is 3. The van der Waals surface area contributed by atoms with Crippen molar-refractivity contribution in [3.05, 3.63) is 24.0 Å². The number of halogens is 1. The quantitative estimate of drug-likeness (QED) is 0.580. The molecule has 14 heavy (non-hydrogen) atoms. The van der Waals surface area contributed by atoms with Crippen molar-refractivity contribution < 1.29 is 4.79 Å². The van der Waals surface area contributed by atoms with E-state index in [2.05, 4.69) is 10.1 Å². The van der Waals surface area contributed by atoms with Gasteiger partial charge in [-0.1, -0.05) is 11.8 Å². The number of rotatable bonds is 2. The van der Waals surface area contributed by atoms with E-state index < -0.39 is 5.24 Å². The van der Waals surface area contributed by atoms with Gasteiger partial charge in [0.2, 0.25) is 5.16 Å². The molecule has 2 aromatic heterocycles. The lowest BCUT2D eigenvalue weighted by Crippen LogP contribution is -2.02. The van der Waals surface area contributed by atoms with Gasteiger partial charge in [0, 0.05) is 0 Å². The summed E-state index contributed by atoms with van der Waals surface area (Å²) in [5, 5.41) is 4.22. The molecule has 0 aliphatic heterocycles. The summed E-state index contributed by atoms with van der Waals surface area (Å²) in [7, 11) is 0. The Kier molecular flexibility index (Phi) is 2.43. The summed E-state index contributed by atoms with van der Waals surface area (Å²) in [6, 6.07) is 3.38. The normalized spacial score (nSPS) is 10.7. The molecule has 6 heteroatoms. The molecule has 0 bridgehead atoms. The molecule has 0 saturated carbocycles. The predicted molar refractivity (Wildman–Crippen MR) is 55.0 cm³/mol. The maximum absolute atomic E-state index is 11.0. The van der Waals surface area contributed by atoms with E-state index in [9.17, 15) is 4.79 Å². The van der Waals surface area contributed by atoms with E-state index in [-0.39, 0.29) is 0 Å². The Bertz CT molecular complexity index is 496. The van der Waals surface area contributed by atoms with Gasteiger partial charge in [0.15, 0.2) is 0 Å². The van der Waals surface area contributed by atoms with Gasteiger partial charge < -0.3 is 0 Å². The number of thioether (sulfide) groups is 1. The zero-order chi connectivity index (χ0) is 10.1. The highest BCUT2D eigenvalue weighted by atomic mass is 35.5. The van der Waals surface area contributed by atoms with Crippen molar-refractivity contribution in [2.45, 2.75) is 5.16 Å². The minimum absolute atomic E-state index is 0.361. The zero-order valence-electron chi connectivity index (χ0n) is 7.27. The molecule has 0 radical (unpaired) electrons. The fourth-order valence-corrected chi connectivity index (χ4v) is 1.59. The van der Waals surface area contributed by atoms with Crippen molar-refractivity contribution in [3.8, 4) is 0 Å². The first kappa shape index (κ1) is 9.48. The van der Waals surface area contributed by atoms with Crippen LogP contribution in [0.2, 0.25) is 0 Å². The Hall–Kier alpha value is -1.07. The van der Waals surface area contributed by atoms with Crippen molar-refractivity contribution in [1.82, 2.24) is 14.6 Å². The average Bonchev–Trinajstić information content (AvgIpc) is 2.59. The molecule has 4 nitrogen and oxygen atoms in total. The highest BCUT2D eigenvalue weighted by molar-refractivity contribution is 7.98. The van der Waals surface area contributed by atoms with Gasteiger partial charge in [-0.3, -0.25) is 4.79 Å². The molecular formula is C8H6ClN3OS. The van der Waals surface area contributed by atoms with Gasteiger partial charge in [-0.05, 0) is 30.0 Å². The Morgan fingerprint density at radius 3 is 3.00 bits per heavy atom. The van der Waals surface area contributed by atoms with Crippen molar-refractivity contribution in [1.29, 1.82) is 0 Å². The molecule has 0 fully saturated rings. The van der Waals surface area contributed by atoms with Crippen LogP contribution in [0, 0.1) is 0 Å². The van der Waals surface area contributed by atoms with Gasteiger partial charge in [-0.15, -0.1) is 5.10 Å². The van der Waals surface area contributed by atoms with Crippen molar-refractivity contribution in [2.75, 3.05) is 6.26 Å². The Balaban J connectivity index is 2.69. The van der Waals surface area contributed by atoms with Crippen LogP contribution in [-0.2, 0) is 0 Å². The SMILES string of the molecule is CSc1ncc2ccc(C(=O)Cl)n2n1. The number of carbonyl (C=O) groups is 1. The molecule has 0 N–H and O–H groups in total. The van der Waals surface area contributed by atoms with Crippen LogP contribution in [0.25, 0.3) is 5.52 Å². The molecule has 2 rings (SSSR count). The average molecular weight is 228 g/mol. The molecule has 0 amide bonds. The van der Waals surface area contributed by atoms with Gasteiger partial charge >= 0.3 is 0 Å². The van der Waals surface area contributed by atoms with E-state index in [0.717, 1.165) is 5.52 Å². The fourth-order valence-electron chi connectivity index (χ4n) is 1.13. The van der Waals surface area contributed by atoms with Gasteiger partial charge in [0.25, 0.3) is 5.24 Å². The van der Waals surface area contributed by atoms with Crippen LogP contribution in [0.5, 0.6) is 0 Å². The number of aromatic nitrogens is 3. The van der Waals surface area contributed by atoms with Crippen molar-refractivity contribution in [2.24, 2.45) is 0 Å². The van der Waals surface area contributed by atoms with Crippen LogP contribution in [0.15, 0.2) is 23.5 Å². The smallest absolute Gasteiger partial charge is 0.270 e. The minimum Gasteiger partial charge on any atom is -0.274 e. The first-order valence-electron chi connectivity index (χ1n) is 3.81. The molecule has 0 aliphatic carbocycles. The summed E-state index contributed by atoms with van der Waals surface area (Å²) in [5.41, 5.74) is 1.12. The summed E-state index contributed by atoms with van der Waals surface area (Å²) in [6.45, 7) is 0. The van der Waals surface area contributed by atoms with Crippen LogP contribution < -0.4 is 0 Å². The third-order valence-corrected chi connectivity index (χ3v) is 2.51. The summed E-state index contributed by atoms with van der Waals surface area (Å²) in [5.74, 6) is 0. The molecule has 72 valence electrons. The van der Waals surface area contributed by atoms with Gasteiger partial charge in [0.1, 0.15) is 5.69 Å². The molecule has 2 aromatic rings. The monoisotopic (exact) mass is 227 g/mol. The fraction of sp³-hybridized carbons (Fsp3) is 0.125. The maximum Gasteiger partial charge on any atom is 0.270 e. The first-order valence-corrected chi connectivity index (χ1v) is 5.41. The lowest BCUT2D eigenvalue weighted by molar-refractivity contribution is 0.107. The third kappa shape index (κ3) is 1.49. The van der Waals surface area contributed by atoms with Crippen LogP contribution in [0.3, 0.4) is 0 Å². The summed E-state index contributed by atoms with van der Waals surface area (Å²) in [4.78, 5) is 15.1. The van der Waals surface area contributed by atoms with Crippen molar-refractivity contribution >= 4 is 34.1 Å². The number of hydrogen-bond donors (Lipinski definition) is 0. The second kappa shape index (κ2) is 3.59. The number of fused-ring (bicyclic) bond motifs is 1. The standard InChI is InChI=1S/C8H6ClN3OS/c1-14-8-10-4-5-2-3-6(7(9)13)12(5)11-8/h2-4H,1H3. The number of carbonyl (C=O) groups excluding carboxylic acids is 1. The molecular weight excluding hydrogens is 222 g/mol. The van der Waals surface area contributed by atoms with E-state index in [0.29, 0.717) is 10.9 Å². The van der Waals surface area contributed by atoms with E-state index in [4.69, 9.17) is 11.6 Å². The summed E-state index contributed by atoms with van der Waals surface area (Å²) in [6.07, 6.45) is 3.52. The molecule has 0 aliphatic rings. The summed E-state index contributed by atoms with van der Waals surface area (Å²) < 4.78 is 1.49. The molecule has 0 atom stereocenters. The Morgan fingerprint density at radius 1 is 1.57 bits per heavy atom. The third-order valence-electron chi connectivity index (χ3n) is 1.76. The van der Waals surface area contributed by atoms with Crippen molar-refractivity contribution in [3.63, 3.8) is 0 Å². The van der Waals surface area contributed by atoms with Gasteiger partial charge in [-0.2, -0.15) is 0 Å². The Morgan fingerprint density at radius 2 is 2.36 bits per heavy atom. The van der Waals surface area contributed by atoms with E-state index in [1.54, 1.807) is 18.3 Å². The lowest BCUT2D eigenvalue weighted by Gasteiger charge is -1.98. The number of hydrogen-bond acceptors (Lipinski definition) is 4. The summed E-state index contributed by atoms with van der Waals surface area (Å²) >= 11 is 6.80. The molecule has 0 saturated heterocycles. The Labute approximate surface area is 89.3 Å². The largest absolute Gasteiger partial charge is 0.274 e. The van der Waals surface area contributed by atoms with E-state index in [1.165, 1.54) is 16.3 Å². The van der Waals surface area contributed by atoms with Crippen LogP contribution in [0.1, 0.15) is 10.5 Å². The molecule has 2 heterocycles. The molecule has 0 unspecified atom stereocenters. The van der Waals surface area contributed by atoms with Crippen LogP contribution in [0.4, 0.5) is 0 Å². The van der Waals surface area contributed by atoms with Crippen LogP contribution >= 0.6 is 23.4 Å². The van der Waals surface area contributed by atoms with Gasteiger partial charge in [-0.25, -0.2) is 9.50 Å². The highest BCUT2D eigenvalue weighted by Gasteiger charge is 2.09. The molecule has 0 spiro atoms.